The molecule has 0 aromatic rings. The predicted octanol–water partition coefficient (Wildman–Crippen LogP) is 3.00. The molecule has 0 saturated heterocycles. The Hall–Kier alpha value is -0.590. The first kappa shape index (κ1) is 8.03. The summed E-state index contributed by atoms with van der Waals surface area (Å²) in [4.78, 5) is 11.1. The van der Waals surface area contributed by atoms with Gasteiger partial charge in [0, 0.05) is 12.8 Å². The number of rotatable bonds is 0. The number of hydrogen-bond acceptors (Lipinski definition) is 1. The van der Waals surface area contributed by atoms with Gasteiger partial charge in [-0.05, 0) is 38.5 Å². The fourth-order valence-corrected chi connectivity index (χ4v) is 2.02. The molecule has 0 aromatic carbocycles. The second-order valence-corrected chi connectivity index (χ2v) is 3.95. The number of allylic oxidation sites excluding steroid dienone is 2. The van der Waals surface area contributed by atoms with Gasteiger partial charge in [0.1, 0.15) is 5.78 Å². The van der Waals surface area contributed by atoms with E-state index in [1.807, 2.05) is 0 Å². The smallest absolute Gasteiger partial charge is 0.132 e. The topological polar surface area (TPSA) is 17.1 Å². The number of carbonyl (C=O) groups is 1. The number of hydrogen-bond donors (Lipinski definition) is 0. The zero-order chi connectivity index (χ0) is 8.39. The molecule has 2 fully saturated rings. The quantitative estimate of drug-likeness (QED) is 0.503. The number of ketones is 1. The average molecular weight is 164 g/mol. The van der Waals surface area contributed by atoms with E-state index in [1.54, 1.807) is 11.1 Å². The van der Waals surface area contributed by atoms with Gasteiger partial charge < -0.3 is 0 Å². The maximum atomic E-state index is 11.1. The van der Waals surface area contributed by atoms with Crippen molar-refractivity contribution >= 4 is 5.78 Å². The van der Waals surface area contributed by atoms with Crippen LogP contribution in [0.4, 0.5) is 0 Å². The van der Waals surface area contributed by atoms with Crippen molar-refractivity contribution in [1.29, 1.82) is 0 Å². The van der Waals surface area contributed by atoms with Crippen LogP contribution in [0.15, 0.2) is 11.1 Å². The summed E-state index contributed by atoms with van der Waals surface area (Å²) in [5.41, 5.74) is 3.41. The first-order valence-electron chi connectivity index (χ1n) is 5.08. The normalized spacial score (nSPS) is 25.2. The van der Waals surface area contributed by atoms with Gasteiger partial charge in [-0.1, -0.05) is 11.1 Å². The summed E-state index contributed by atoms with van der Waals surface area (Å²) in [6.07, 6.45) is 9.00. The van der Waals surface area contributed by atoms with Crippen LogP contribution in [-0.2, 0) is 4.79 Å². The number of Topliss-reactive ketones (excluding diaryl/α,β-unsaturated/α-hetero) is 1. The van der Waals surface area contributed by atoms with E-state index in [9.17, 15) is 4.79 Å². The highest BCUT2D eigenvalue weighted by Gasteiger charge is 2.18. The molecule has 1 heteroatoms. The molecule has 0 bridgehead atoms. The third kappa shape index (κ3) is 1.96. The molecule has 0 aromatic heterocycles. The van der Waals surface area contributed by atoms with Crippen molar-refractivity contribution in [2.75, 3.05) is 0 Å². The Kier molecular flexibility index (Phi) is 2.29. The Labute approximate surface area is 73.8 Å². The summed E-state index contributed by atoms with van der Waals surface area (Å²) in [6, 6.07) is 0. The molecule has 0 aliphatic heterocycles. The zero-order valence-electron chi connectivity index (χ0n) is 7.57. The molecule has 0 radical (unpaired) electrons. The van der Waals surface area contributed by atoms with Gasteiger partial charge in [0.05, 0.1) is 0 Å². The van der Waals surface area contributed by atoms with Crippen molar-refractivity contribution in [3.8, 4) is 0 Å². The molecule has 2 aliphatic carbocycles. The minimum absolute atomic E-state index is 0.481. The SMILES string of the molecule is O=C1CCCC(=C2CC2)CCC1. The monoisotopic (exact) mass is 164 g/mol. The van der Waals surface area contributed by atoms with E-state index >= 15 is 0 Å². The zero-order valence-corrected chi connectivity index (χ0v) is 7.57. The Morgan fingerprint density at radius 1 is 0.667 bits per heavy atom. The molecule has 2 rings (SSSR count). The second kappa shape index (κ2) is 3.42. The van der Waals surface area contributed by atoms with Gasteiger partial charge in [-0.2, -0.15) is 0 Å². The van der Waals surface area contributed by atoms with E-state index in [0.29, 0.717) is 5.78 Å². The van der Waals surface area contributed by atoms with E-state index in [4.69, 9.17) is 0 Å². The van der Waals surface area contributed by atoms with Crippen LogP contribution in [0.25, 0.3) is 0 Å². The third-order valence-corrected chi connectivity index (χ3v) is 2.87. The first-order chi connectivity index (χ1) is 5.86. The van der Waals surface area contributed by atoms with Crippen LogP contribution in [0.5, 0.6) is 0 Å². The second-order valence-electron chi connectivity index (χ2n) is 3.95. The van der Waals surface area contributed by atoms with Crippen molar-refractivity contribution in [3.63, 3.8) is 0 Å². The van der Waals surface area contributed by atoms with Crippen molar-refractivity contribution in [2.45, 2.75) is 51.4 Å². The molecule has 1 nitrogen and oxygen atoms in total. The Bertz CT molecular complexity index is 205. The lowest BCUT2D eigenvalue weighted by molar-refractivity contribution is -0.119. The lowest BCUT2D eigenvalue weighted by Crippen LogP contribution is -2.02. The van der Waals surface area contributed by atoms with Gasteiger partial charge in [0.2, 0.25) is 0 Å². The summed E-state index contributed by atoms with van der Waals surface area (Å²) >= 11 is 0. The van der Waals surface area contributed by atoms with Crippen molar-refractivity contribution in [3.05, 3.63) is 11.1 Å². The van der Waals surface area contributed by atoms with E-state index in [1.165, 1.54) is 25.7 Å². The Balaban J connectivity index is 1.94. The largest absolute Gasteiger partial charge is 0.300 e. The fraction of sp³-hybridized carbons (Fsp3) is 0.727. The van der Waals surface area contributed by atoms with Crippen LogP contribution in [0.3, 0.4) is 0 Å². The maximum Gasteiger partial charge on any atom is 0.132 e. The van der Waals surface area contributed by atoms with Crippen molar-refractivity contribution in [1.82, 2.24) is 0 Å². The molecule has 0 heterocycles. The fourth-order valence-electron chi connectivity index (χ4n) is 2.02. The predicted molar refractivity (Wildman–Crippen MR) is 49.0 cm³/mol. The van der Waals surface area contributed by atoms with Crippen molar-refractivity contribution < 1.29 is 4.79 Å². The van der Waals surface area contributed by atoms with E-state index in [2.05, 4.69) is 0 Å². The third-order valence-electron chi connectivity index (χ3n) is 2.87. The van der Waals surface area contributed by atoms with Gasteiger partial charge in [0.15, 0.2) is 0 Å². The Morgan fingerprint density at radius 3 is 1.67 bits per heavy atom. The summed E-state index contributed by atoms with van der Waals surface area (Å²) in [6.45, 7) is 0. The summed E-state index contributed by atoms with van der Waals surface area (Å²) < 4.78 is 0. The summed E-state index contributed by atoms with van der Waals surface area (Å²) in [5.74, 6) is 0.481. The van der Waals surface area contributed by atoms with Crippen LogP contribution in [0, 0.1) is 0 Å². The lowest BCUT2D eigenvalue weighted by Gasteiger charge is -2.10. The van der Waals surface area contributed by atoms with Crippen LogP contribution in [-0.4, -0.2) is 5.78 Å². The van der Waals surface area contributed by atoms with Crippen LogP contribution < -0.4 is 0 Å². The highest BCUT2D eigenvalue weighted by Crippen LogP contribution is 2.36. The minimum atomic E-state index is 0.481. The van der Waals surface area contributed by atoms with E-state index in [-0.39, 0.29) is 0 Å². The van der Waals surface area contributed by atoms with Gasteiger partial charge in [-0.25, -0.2) is 0 Å². The summed E-state index contributed by atoms with van der Waals surface area (Å²) in [7, 11) is 0. The van der Waals surface area contributed by atoms with Gasteiger partial charge in [0.25, 0.3) is 0 Å². The van der Waals surface area contributed by atoms with E-state index in [0.717, 1.165) is 25.7 Å². The molecule has 12 heavy (non-hydrogen) atoms. The van der Waals surface area contributed by atoms with Gasteiger partial charge >= 0.3 is 0 Å². The molecule has 0 N–H and O–H groups in total. The molecule has 0 amide bonds. The maximum absolute atomic E-state index is 11.1. The molecular weight excluding hydrogens is 148 g/mol. The standard InChI is InChI=1S/C11H16O/c12-11-5-1-3-9(4-2-6-11)10-7-8-10/h1-8H2. The average Bonchev–Trinajstić information content (AvgIpc) is 2.79. The molecule has 66 valence electrons. The summed E-state index contributed by atoms with van der Waals surface area (Å²) in [5, 5.41) is 0. The minimum Gasteiger partial charge on any atom is -0.300 e. The first-order valence-corrected chi connectivity index (χ1v) is 5.08. The van der Waals surface area contributed by atoms with Crippen LogP contribution in [0.2, 0.25) is 0 Å². The molecule has 0 atom stereocenters. The van der Waals surface area contributed by atoms with E-state index < -0.39 is 0 Å². The Morgan fingerprint density at radius 2 is 1.17 bits per heavy atom. The van der Waals surface area contributed by atoms with Crippen molar-refractivity contribution in [2.24, 2.45) is 0 Å². The molecule has 0 spiro atoms. The molecule has 2 saturated carbocycles. The molecule has 0 unspecified atom stereocenters. The highest BCUT2D eigenvalue weighted by molar-refractivity contribution is 5.78. The van der Waals surface area contributed by atoms with Crippen LogP contribution in [0.1, 0.15) is 51.4 Å². The number of carbonyl (C=O) groups excluding carboxylic acids is 1. The molecular formula is C11H16O. The van der Waals surface area contributed by atoms with Crippen LogP contribution >= 0.6 is 0 Å². The van der Waals surface area contributed by atoms with Gasteiger partial charge in [-0.15, -0.1) is 0 Å². The lowest BCUT2D eigenvalue weighted by atomic mass is 9.95. The van der Waals surface area contributed by atoms with Gasteiger partial charge in [-0.3, -0.25) is 4.79 Å². The molecule has 2 aliphatic rings. The highest BCUT2D eigenvalue weighted by atomic mass is 16.1.